The molecule has 6 heteroatoms. The van der Waals surface area contributed by atoms with Gasteiger partial charge in [-0.15, -0.1) is 0 Å². The molecular formula is C16H19FN2O3. The lowest BCUT2D eigenvalue weighted by molar-refractivity contribution is -0.139. The molecule has 5 nitrogen and oxygen atoms in total. The average Bonchev–Trinajstić information content (AvgIpc) is 2.47. The largest absolute Gasteiger partial charge is 0.463 e. The van der Waals surface area contributed by atoms with Gasteiger partial charge >= 0.3 is 12.0 Å². The molecule has 0 aliphatic carbocycles. The highest BCUT2D eigenvalue weighted by molar-refractivity contribution is 5.95. The van der Waals surface area contributed by atoms with E-state index in [2.05, 4.69) is 5.32 Å². The number of hydrogen-bond donors (Lipinski definition) is 1. The summed E-state index contributed by atoms with van der Waals surface area (Å²) in [5.41, 5.74) is 0.986. The Balaban J connectivity index is 2.56. The third kappa shape index (κ3) is 2.81. The second kappa shape index (κ2) is 6.60. The first-order valence-electron chi connectivity index (χ1n) is 7.21. The maximum absolute atomic E-state index is 14.1. The van der Waals surface area contributed by atoms with Crippen molar-refractivity contribution in [2.24, 2.45) is 0 Å². The Labute approximate surface area is 128 Å². The number of nitrogens with zero attached hydrogens (tertiary/aromatic N) is 1. The number of ether oxygens (including phenoxy) is 1. The van der Waals surface area contributed by atoms with Crippen LogP contribution < -0.4 is 5.32 Å². The van der Waals surface area contributed by atoms with Gasteiger partial charge in [0.1, 0.15) is 5.82 Å². The maximum Gasteiger partial charge on any atom is 0.338 e. The van der Waals surface area contributed by atoms with Crippen molar-refractivity contribution in [3.05, 3.63) is 46.9 Å². The number of carbonyl (C=O) groups excluding carboxylic acids is 2. The first kappa shape index (κ1) is 16.0. The Kier molecular flexibility index (Phi) is 4.80. The van der Waals surface area contributed by atoms with E-state index in [-0.39, 0.29) is 23.8 Å². The van der Waals surface area contributed by atoms with E-state index in [1.807, 2.05) is 0 Å². The highest BCUT2D eigenvalue weighted by Crippen LogP contribution is 2.32. The fraction of sp³-hybridized carbons (Fsp3) is 0.375. The molecule has 0 fully saturated rings. The Morgan fingerprint density at radius 2 is 2.05 bits per heavy atom. The van der Waals surface area contributed by atoms with Crippen molar-refractivity contribution in [3.63, 3.8) is 0 Å². The summed E-state index contributed by atoms with van der Waals surface area (Å²) in [6, 6.07) is 4.86. The van der Waals surface area contributed by atoms with E-state index in [1.165, 1.54) is 11.0 Å². The Morgan fingerprint density at radius 1 is 1.36 bits per heavy atom. The predicted molar refractivity (Wildman–Crippen MR) is 79.4 cm³/mol. The predicted octanol–water partition coefficient (Wildman–Crippen LogP) is 2.75. The third-order valence-electron chi connectivity index (χ3n) is 3.62. The van der Waals surface area contributed by atoms with Gasteiger partial charge in [-0.1, -0.05) is 18.2 Å². The molecule has 0 saturated heterocycles. The second-order valence-corrected chi connectivity index (χ2v) is 4.87. The number of halogens is 1. The molecule has 1 N–H and O–H groups in total. The molecule has 0 aromatic heterocycles. The molecule has 22 heavy (non-hydrogen) atoms. The van der Waals surface area contributed by atoms with Crippen LogP contribution >= 0.6 is 0 Å². The number of benzene rings is 1. The van der Waals surface area contributed by atoms with E-state index in [9.17, 15) is 14.0 Å². The number of esters is 1. The molecule has 0 saturated carbocycles. The van der Waals surface area contributed by atoms with Crippen molar-refractivity contribution >= 4 is 12.0 Å². The molecule has 0 bridgehead atoms. The number of carbonyl (C=O) groups is 2. The van der Waals surface area contributed by atoms with Crippen LogP contribution in [0.3, 0.4) is 0 Å². The molecule has 0 spiro atoms. The van der Waals surface area contributed by atoms with Crippen LogP contribution in [0.2, 0.25) is 0 Å². The smallest absolute Gasteiger partial charge is 0.338 e. The summed E-state index contributed by atoms with van der Waals surface area (Å²) in [5.74, 6) is -1.03. The fourth-order valence-electron chi connectivity index (χ4n) is 2.58. The number of urea groups is 1. The summed E-state index contributed by atoms with van der Waals surface area (Å²) in [6.45, 7) is 5.78. The van der Waals surface area contributed by atoms with Crippen LogP contribution in [0.4, 0.5) is 9.18 Å². The van der Waals surface area contributed by atoms with Gasteiger partial charge in [-0.05, 0) is 26.8 Å². The van der Waals surface area contributed by atoms with Gasteiger partial charge < -0.3 is 10.1 Å². The monoisotopic (exact) mass is 306 g/mol. The van der Waals surface area contributed by atoms with Gasteiger partial charge in [0.2, 0.25) is 0 Å². The third-order valence-corrected chi connectivity index (χ3v) is 3.62. The number of rotatable bonds is 4. The molecule has 0 unspecified atom stereocenters. The minimum Gasteiger partial charge on any atom is -0.463 e. The molecule has 2 amide bonds. The van der Waals surface area contributed by atoms with Crippen molar-refractivity contribution in [2.45, 2.75) is 26.8 Å². The van der Waals surface area contributed by atoms with Crippen LogP contribution in [0, 0.1) is 5.82 Å². The van der Waals surface area contributed by atoms with Gasteiger partial charge in [0.05, 0.1) is 18.2 Å². The summed E-state index contributed by atoms with van der Waals surface area (Å²) in [7, 11) is 0. The van der Waals surface area contributed by atoms with Gasteiger partial charge in [-0.25, -0.2) is 14.0 Å². The lowest BCUT2D eigenvalue weighted by Gasteiger charge is -2.34. The van der Waals surface area contributed by atoms with Crippen LogP contribution in [0.25, 0.3) is 0 Å². The van der Waals surface area contributed by atoms with Gasteiger partial charge in [0.15, 0.2) is 0 Å². The lowest BCUT2D eigenvalue weighted by Crippen LogP contribution is -2.48. The van der Waals surface area contributed by atoms with Crippen molar-refractivity contribution in [2.75, 3.05) is 13.2 Å². The summed E-state index contributed by atoms with van der Waals surface area (Å²) >= 11 is 0. The van der Waals surface area contributed by atoms with Crippen LogP contribution in [-0.2, 0) is 9.53 Å². The van der Waals surface area contributed by atoms with E-state index in [1.54, 1.807) is 39.0 Å². The van der Waals surface area contributed by atoms with E-state index in [4.69, 9.17) is 4.74 Å². The molecule has 118 valence electrons. The lowest BCUT2D eigenvalue weighted by atomic mass is 9.94. The van der Waals surface area contributed by atoms with Crippen LogP contribution in [0.15, 0.2) is 35.5 Å². The highest BCUT2D eigenvalue weighted by Gasteiger charge is 2.36. The molecule has 1 aliphatic rings. The van der Waals surface area contributed by atoms with Crippen molar-refractivity contribution < 1.29 is 18.7 Å². The van der Waals surface area contributed by atoms with Gasteiger partial charge in [-0.3, -0.25) is 4.90 Å². The van der Waals surface area contributed by atoms with E-state index >= 15 is 0 Å². The molecular weight excluding hydrogens is 287 g/mol. The minimum atomic E-state index is -0.851. The number of hydrogen-bond acceptors (Lipinski definition) is 3. The second-order valence-electron chi connectivity index (χ2n) is 4.87. The zero-order chi connectivity index (χ0) is 16.3. The zero-order valence-corrected chi connectivity index (χ0v) is 12.9. The van der Waals surface area contributed by atoms with Gasteiger partial charge in [-0.2, -0.15) is 0 Å². The SMILES string of the molecule is CCOC(=O)C1=C(C)N(CC)C(=O)N[C@H]1c1ccccc1F. The maximum atomic E-state index is 14.1. The van der Waals surface area contributed by atoms with Gasteiger partial charge in [0, 0.05) is 17.8 Å². The number of allylic oxidation sites excluding steroid dienone is 1. The minimum absolute atomic E-state index is 0.208. The first-order valence-corrected chi connectivity index (χ1v) is 7.21. The summed E-state index contributed by atoms with van der Waals surface area (Å²) < 4.78 is 19.2. The summed E-state index contributed by atoms with van der Waals surface area (Å²) in [4.78, 5) is 25.9. The molecule has 0 radical (unpaired) electrons. The Bertz CT molecular complexity index is 628. The Hall–Kier alpha value is -2.37. The van der Waals surface area contributed by atoms with Crippen molar-refractivity contribution in [3.8, 4) is 0 Å². The van der Waals surface area contributed by atoms with Crippen LogP contribution in [0.5, 0.6) is 0 Å². The van der Waals surface area contributed by atoms with Crippen molar-refractivity contribution in [1.29, 1.82) is 0 Å². The number of nitrogens with one attached hydrogen (secondary N) is 1. The normalized spacial score (nSPS) is 18.3. The number of amides is 2. The van der Waals surface area contributed by atoms with Crippen LogP contribution in [0.1, 0.15) is 32.4 Å². The van der Waals surface area contributed by atoms with E-state index in [0.29, 0.717) is 12.2 Å². The summed E-state index contributed by atoms with van der Waals surface area (Å²) in [5, 5.41) is 2.68. The molecule has 1 heterocycles. The Morgan fingerprint density at radius 3 is 2.64 bits per heavy atom. The average molecular weight is 306 g/mol. The van der Waals surface area contributed by atoms with E-state index in [0.717, 1.165) is 0 Å². The first-order chi connectivity index (χ1) is 10.5. The molecule has 1 atom stereocenters. The quantitative estimate of drug-likeness (QED) is 0.870. The van der Waals surface area contributed by atoms with Crippen LogP contribution in [-0.4, -0.2) is 30.1 Å². The topological polar surface area (TPSA) is 58.6 Å². The summed E-state index contributed by atoms with van der Waals surface area (Å²) in [6.07, 6.45) is 0. The molecule has 1 aromatic carbocycles. The zero-order valence-electron chi connectivity index (χ0n) is 12.9. The molecule has 1 aromatic rings. The highest BCUT2D eigenvalue weighted by atomic mass is 19.1. The fourth-order valence-corrected chi connectivity index (χ4v) is 2.58. The molecule has 1 aliphatic heterocycles. The molecule has 2 rings (SSSR count). The van der Waals surface area contributed by atoms with E-state index < -0.39 is 17.8 Å². The van der Waals surface area contributed by atoms with Crippen molar-refractivity contribution in [1.82, 2.24) is 10.2 Å². The standard InChI is InChI=1S/C16H19FN2O3/c1-4-19-10(3)13(15(20)22-5-2)14(18-16(19)21)11-8-6-7-9-12(11)17/h6-9,14H,4-5H2,1-3H3,(H,18,21)/t14-/m0/s1. The van der Waals surface area contributed by atoms with Gasteiger partial charge in [0.25, 0.3) is 0 Å².